The minimum Gasteiger partial charge on any atom is -0.455 e. The second-order valence-electron chi connectivity index (χ2n) is 13.7. The summed E-state index contributed by atoms with van der Waals surface area (Å²) in [6, 6.07) is 15.1. The Balaban J connectivity index is 1.43. The van der Waals surface area contributed by atoms with Crippen LogP contribution in [0.15, 0.2) is 78.9 Å². The maximum Gasteiger partial charge on any atom is 0.313 e. The monoisotopic (exact) mass is 714 g/mol. The Morgan fingerprint density at radius 3 is 2.42 bits per heavy atom. The number of unbranched alkanes of at least 4 members (excludes halogenated alkanes) is 1. The summed E-state index contributed by atoms with van der Waals surface area (Å²) in [5.41, 5.74) is 0.923. The molecule has 2 aromatic carbocycles. The van der Waals surface area contributed by atoms with Crippen LogP contribution in [-0.4, -0.2) is 104 Å². The summed E-state index contributed by atoms with van der Waals surface area (Å²) in [5, 5.41) is 12.6. The number of esters is 1. The lowest BCUT2D eigenvalue weighted by Crippen LogP contribution is -2.56. The molecule has 2 N–H and O–H groups in total. The van der Waals surface area contributed by atoms with E-state index in [4.69, 9.17) is 14.2 Å². The van der Waals surface area contributed by atoms with Gasteiger partial charge in [-0.25, -0.2) is 0 Å². The first kappa shape index (κ1) is 37.2. The number of fused-ring (bicyclic) bond motifs is 2. The van der Waals surface area contributed by atoms with Crippen molar-refractivity contribution in [3.63, 3.8) is 0 Å². The van der Waals surface area contributed by atoms with Crippen molar-refractivity contribution in [3.05, 3.63) is 84.5 Å². The highest BCUT2D eigenvalue weighted by atomic mass is 16.6. The number of carbonyl (C=O) groups is 4. The molecule has 0 aliphatic carbocycles. The van der Waals surface area contributed by atoms with Gasteiger partial charge in [0, 0.05) is 57.7 Å². The van der Waals surface area contributed by atoms with Gasteiger partial charge in [0.1, 0.15) is 23.7 Å². The summed E-state index contributed by atoms with van der Waals surface area (Å²) in [6.07, 6.45) is 7.04. The van der Waals surface area contributed by atoms with E-state index in [0.717, 1.165) is 18.8 Å². The maximum absolute atomic E-state index is 15.1. The Morgan fingerprint density at radius 2 is 1.73 bits per heavy atom. The van der Waals surface area contributed by atoms with Crippen molar-refractivity contribution in [1.29, 1.82) is 0 Å². The van der Waals surface area contributed by atoms with Gasteiger partial charge in [0.2, 0.25) is 11.8 Å². The number of allylic oxidation sites excluding steroid dienone is 1. The smallest absolute Gasteiger partial charge is 0.313 e. The third kappa shape index (κ3) is 7.11. The molecule has 2 aromatic rings. The number of aliphatic hydroxyl groups excluding tert-OH is 1. The SMILES string of the molecule is CCN(CC)c1ccc(N2C/C=C\CCC(=O)N[C@@H](COC)[C@H](c3ccccc3)OC(=O)[C@@H]3[C@H]4C(=O)N(CCCCO)[C@H](C2=O)[C@]42C=C[C@H]3O2)cc1. The molecule has 6 rings (SSSR count). The van der Waals surface area contributed by atoms with E-state index in [1.54, 1.807) is 22.0 Å². The van der Waals surface area contributed by atoms with Crippen LogP contribution >= 0.6 is 0 Å². The van der Waals surface area contributed by atoms with Gasteiger partial charge in [0.15, 0.2) is 0 Å². The summed E-state index contributed by atoms with van der Waals surface area (Å²) in [6.45, 7) is 6.24. The number of hydrogen-bond acceptors (Lipinski definition) is 9. The number of cyclic esters (lactones) is 1. The van der Waals surface area contributed by atoms with E-state index in [2.05, 4.69) is 24.1 Å². The van der Waals surface area contributed by atoms with Crippen molar-refractivity contribution in [3.8, 4) is 0 Å². The molecule has 278 valence electrons. The normalized spacial score (nSPS) is 29.6. The van der Waals surface area contributed by atoms with Gasteiger partial charge < -0.3 is 39.3 Å². The number of aliphatic hydroxyl groups is 1. The van der Waals surface area contributed by atoms with Crippen molar-refractivity contribution >= 4 is 35.1 Å². The predicted octanol–water partition coefficient (Wildman–Crippen LogP) is 3.55. The highest BCUT2D eigenvalue weighted by Gasteiger charge is 2.73. The summed E-state index contributed by atoms with van der Waals surface area (Å²) in [4.78, 5) is 62.7. The zero-order chi connectivity index (χ0) is 36.8. The van der Waals surface area contributed by atoms with Gasteiger partial charge in [-0.05, 0) is 62.9 Å². The number of carbonyl (C=O) groups excluding carboxylic acids is 4. The molecule has 2 saturated heterocycles. The third-order valence-corrected chi connectivity index (χ3v) is 10.7. The van der Waals surface area contributed by atoms with E-state index in [1.807, 2.05) is 66.7 Å². The van der Waals surface area contributed by atoms with E-state index in [-0.39, 0.29) is 50.4 Å². The number of rotatable bonds is 11. The Morgan fingerprint density at radius 1 is 0.981 bits per heavy atom. The van der Waals surface area contributed by atoms with Gasteiger partial charge in [0.25, 0.3) is 5.91 Å². The highest BCUT2D eigenvalue weighted by molar-refractivity contribution is 6.05. The van der Waals surface area contributed by atoms with E-state index in [1.165, 1.54) is 7.11 Å². The molecule has 4 aliphatic rings. The van der Waals surface area contributed by atoms with Crippen LogP contribution in [-0.2, 0) is 33.4 Å². The Hall–Kier alpha value is -4.52. The molecule has 0 aromatic heterocycles. The molecule has 1 spiro atoms. The number of ether oxygens (including phenoxy) is 3. The van der Waals surface area contributed by atoms with Crippen molar-refractivity contribution < 1.29 is 38.5 Å². The molecular weight excluding hydrogens is 664 g/mol. The van der Waals surface area contributed by atoms with Gasteiger partial charge in [-0.15, -0.1) is 0 Å². The number of nitrogens with one attached hydrogen (secondary N) is 1. The summed E-state index contributed by atoms with van der Waals surface area (Å²) in [7, 11) is 1.52. The number of methoxy groups -OCH3 is 1. The standard InChI is InChI=1S/C40H50N4O8/c1-4-42(5-2)28-17-19-29(20-18-28)43-23-11-7-10-16-32(46)41-30(26-50-3)35(27-14-8-6-9-15-27)51-39(49)33-31-21-22-40(52-31)34(33)37(47)44(24-12-13-25-45)36(40)38(43)48/h6-9,11,14-15,17-22,30-31,33-36,45H,4-5,10,12-13,16,23-26H2,1-3H3,(H,41,46)/b11-7-/t30-,31+,33-,34-,35-,36+,40-/m0/s1. The summed E-state index contributed by atoms with van der Waals surface area (Å²) >= 11 is 0. The number of benzene rings is 2. The van der Waals surface area contributed by atoms with Crippen LogP contribution in [0.5, 0.6) is 0 Å². The average Bonchev–Trinajstić information content (AvgIpc) is 3.80. The molecule has 12 heteroatoms. The average molecular weight is 715 g/mol. The number of amides is 3. The van der Waals surface area contributed by atoms with Crippen molar-refractivity contribution in [2.75, 3.05) is 56.3 Å². The van der Waals surface area contributed by atoms with Crippen molar-refractivity contribution in [2.45, 2.75) is 69.4 Å². The quantitative estimate of drug-likeness (QED) is 0.203. The molecule has 7 atom stereocenters. The fourth-order valence-corrected chi connectivity index (χ4v) is 8.16. The fourth-order valence-electron chi connectivity index (χ4n) is 8.16. The minimum atomic E-state index is -1.40. The van der Waals surface area contributed by atoms with E-state index in [9.17, 15) is 19.5 Å². The molecule has 2 fully saturated rings. The lowest BCUT2D eigenvalue weighted by atomic mass is 9.74. The molecule has 4 heterocycles. The highest BCUT2D eigenvalue weighted by Crippen LogP contribution is 2.56. The Kier molecular flexibility index (Phi) is 11.8. The van der Waals surface area contributed by atoms with E-state index >= 15 is 4.79 Å². The Bertz CT molecular complexity index is 1640. The second-order valence-corrected chi connectivity index (χ2v) is 13.7. The lowest BCUT2D eigenvalue weighted by Gasteiger charge is -2.36. The van der Waals surface area contributed by atoms with Crippen LogP contribution in [0.3, 0.4) is 0 Å². The van der Waals surface area contributed by atoms with Gasteiger partial charge in [-0.2, -0.15) is 0 Å². The van der Waals surface area contributed by atoms with Gasteiger partial charge in [-0.1, -0.05) is 54.6 Å². The molecular formula is C40H50N4O8. The first-order valence-electron chi connectivity index (χ1n) is 18.4. The van der Waals surface area contributed by atoms with Crippen LogP contribution in [0.1, 0.15) is 51.2 Å². The van der Waals surface area contributed by atoms with E-state index in [0.29, 0.717) is 30.5 Å². The first-order valence-corrected chi connectivity index (χ1v) is 18.4. The van der Waals surface area contributed by atoms with Gasteiger partial charge in [0.05, 0.1) is 24.7 Å². The van der Waals surface area contributed by atoms with Crippen LogP contribution in [0.2, 0.25) is 0 Å². The lowest BCUT2D eigenvalue weighted by molar-refractivity contribution is -0.162. The third-order valence-electron chi connectivity index (χ3n) is 10.7. The van der Waals surface area contributed by atoms with Gasteiger partial charge in [-0.3, -0.25) is 19.2 Å². The van der Waals surface area contributed by atoms with Crippen LogP contribution in [0, 0.1) is 11.8 Å². The largest absolute Gasteiger partial charge is 0.455 e. The van der Waals surface area contributed by atoms with Crippen molar-refractivity contribution in [2.24, 2.45) is 11.8 Å². The fraction of sp³-hybridized carbons (Fsp3) is 0.500. The first-order chi connectivity index (χ1) is 25.3. The molecule has 4 aliphatic heterocycles. The topological polar surface area (TPSA) is 138 Å². The number of anilines is 2. The van der Waals surface area contributed by atoms with Crippen LogP contribution in [0.4, 0.5) is 11.4 Å². The molecule has 0 radical (unpaired) electrons. The molecule has 52 heavy (non-hydrogen) atoms. The van der Waals surface area contributed by atoms with Crippen LogP contribution < -0.4 is 15.1 Å². The minimum absolute atomic E-state index is 0.0570. The van der Waals surface area contributed by atoms with Crippen LogP contribution in [0.25, 0.3) is 0 Å². The predicted molar refractivity (Wildman–Crippen MR) is 195 cm³/mol. The second kappa shape index (κ2) is 16.4. The molecule has 0 saturated carbocycles. The molecule has 3 amide bonds. The molecule has 5 bridgehead atoms. The maximum atomic E-state index is 15.1. The van der Waals surface area contributed by atoms with E-state index < -0.39 is 47.7 Å². The zero-order valence-corrected chi connectivity index (χ0v) is 30.2. The number of hydrogen-bond donors (Lipinski definition) is 2. The Labute approximate surface area is 305 Å². The number of likely N-dealkylation sites (tertiary alicyclic amines) is 1. The summed E-state index contributed by atoms with van der Waals surface area (Å²) < 4.78 is 18.4. The molecule has 0 unspecified atom stereocenters. The van der Waals surface area contributed by atoms with Crippen molar-refractivity contribution in [1.82, 2.24) is 10.2 Å². The molecule has 12 nitrogen and oxygen atoms in total. The summed E-state index contributed by atoms with van der Waals surface area (Å²) in [5.74, 6) is -3.65. The number of nitrogens with zero attached hydrogens (tertiary/aromatic N) is 3. The zero-order valence-electron chi connectivity index (χ0n) is 30.2. The van der Waals surface area contributed by atoms with Gasteiger partial charge >= 0.3 is 5.97 Å².